The first-order valence-corrected chi connectivity index (χ1v) is 5.90. The highest BCUT2D eigenvalue weighted by Gasteiger charge is 2.03. The van der Waals surface area contributed by atoms with Crippen molar-refractivity contribution in [2.45, 2.75) is 26.7 Å². The van der Waals surface area contributed by atoms with E-state index in [2.05, 4.69) is 37.0 Å². The van der Waals surface area contributed by atoms with Gasteiger partial charge in [-0.25, -0.2) is 0 Å². The lowest BCUT2D eigenvalue weighted by Gasteiger charge is -2.07. The van der Waals surface area contributed by atoms with E-state index in [1.165, 1.54) is 5.56 Å². The van der Waals surface area contributed by atoms with E-state index in [1.54, 1.807) is 0 Å². The van der Waals surface area contributed by atoms with Crippen LogP contribution in [0, 0.1) is 6.92 Å². The minimum atomic E-state index is 0.514. The first-order valence-electron chi connectivity index (χ1n) is 5.90. The number of nitrogens with zero attached hydrogens (tertiary/aromatic N) is 1. The normalized spacial score (nSPS) is 10.8. The summed E-state index contributed by atoms with van der Waals surface area (Å²) in [5.41, 5.74) is 11.1. The van der Waals surface area contributed by atoms with Crippen LogP contribution in [0.4, 0.5) is 5.69 Å². The Morgan fingerprint density at radius 2 is 1.88 bits per heavy atom. The Bertz CT molecular complexity index is 513. The van der Waals surface area contributed by atoms with E-state index in [4.69, 9.17) is 5.73 Å². The van der Waals surface area contributed by atoms with Crippen LogP contribution in [0.5, 0.6) is 0 Å². The van der Waals surface area contributed by atoms with Crippen LogP contribution in [-0.4, -0.2) is 4.98 Å². The Hall–Kier alpha value is -1.83. The first kappa shape index (κ1) is 11.6. The van der Waals surface area contributed by atoms with E-state index >= 15 is 0 Å². The Labute approximate surface area is 103 Å². The quantitative estimate of drug-likeness (QED) is 0.792. The van der Waals surface area contributed by atoms with Crippen molar-refractivity contribution in [3.63, 3.8) is 0 Å². The number of rotatable bonds is 2. The Morgan fingerprint density at radius 1 is 1.12 bits per heavy atom. The Kier molecular flexibility index (Phi) is 3.14. The van der Waals surface area contributed by atoms with Gasteiger partial charge in [-0.15, -0.1) is 0 Å². The number of aromatic nitrogens is 1. The number of nitrogen functional groups attached to an aromatic ring is 1. The molecule has 0 saturated carbocycles. The Morgan fingerprint density at radius 3 is 2.41 bits per heavy atom. The van der Waals surface area contributed by atoms with E-state index in [1.807, 2.05) is 25.3 Å². The molecule has 1 aromatic carbocycles. The second-order valence-corrected chi connectivity index (χ2v) is 4.70. The molecule has 0 spiro atoms. The van der Waals surface area contributed by atoms with Gasteiger partial charge in [0.05, 0.1) is 5.69 Å². The maximum atomic E-state index is 5.91. The third-order valence-electron chi connectivity index (χ3n) is 3.03. The van der Waals surface area contributed by atoms with Crippen molar-refractivity contribution in [3.8, 4) is 11.3 Å². The summed E-state index contributed by atoms with van der Waals surface area (Å²) in [6.45, 7) is 6.34. The number of hydrogen-bond acceptors (Lipinski definition) is 2. The van der Waals surface area contributed by atoms with Gasteiger partial charge in [0.25, 0.3) is 0 Å². The summed E-state index contributed by atoms with van der Waals surface area (Å²) < 4.78 is 0. The van der Waals surface area contributed by atoms with Crippen LogP contribution < -0.4 is 5.73 Å². The standard InChI is InChI=1S/C15H18N2/c1-10(2)13-6-7-15(17-9-13)12-5-4-11(3)14(16)8-12/h4-10H,16H2,1-3H3. The van der Waals surface area contributed by atoms with Gasteiger partial charge in [0.1, 0.15) is 0 Å². The van der Waals surface area contributed by atoms with E-state index in [9.17, 15) is 0 Å². The van der Waals surface area contributed by atoms with Gasteiger partial charge in [-0.2, -0.15) is 0 Å². The second kappa shape index (κ2) is 4.58. The minimum absolute atomic E-state index is 0.514. The molecule has 0 atom stereocenters. The molecule has 0 aliphatic rings. The number of pyridine rings is 1. The predicted octanol–water partition coefficient (Wildman–Crippen LogP) is 3.76. The third-order valence-corrected chi connectivity index (χ3v) is 3.03. The molecule has 0 amide bonds. The molecule has 17 heavy (non-hydrogen) atoms. The SMILES string of the molecule is Cc1ccc(-c2ccc(C(C)C)cn2)cc1N. The van der Waals surface area contributed by atoms with Crippen molar-refractivity contribution in [3.05, 3.63) is 47.7 Å². The maximum absolute atomic E-state index is 5.91. The molecule has 0 radical (unpaired) electrons. The first-order chi connectivity index (χ1) is 8.08. The summed E-state index contributed by atoms with van der Waals surface area (Å²) in [6, 6.07) is 10.3. The minimum Gasteiger partial charge on any atom is -0.398 e. The number of nitrogens with two attached hydrogens (primary N) is 1. The average molecular weight is 226 g/mol. The van der Waals surface area contributed by atoms with Gasteiger partial charge in [0.15, 0.2) is 0 Å². The number of hydrogen-bond donors (Lipinski definition) is 1. The van der Waals surface area contributed by atoms with Crippen molar-refractivity contribution in [2.24, 2.45) is 0 Å². The van der Waals surface area contributed by atoms with E-state index < -0.39 is 0 Å². The molecular formula is C15H18N2. The summed E-state index contributed by atoms with van der Waals surface area (Å²) in [7, 11) is 0. The monoisotopic (exact) mass is 226 g/mol. The number of aryl methyl sites for hydroxylation is 1. The number of anilines is 1. The van der Waals surface area contributed by atoms with Crippen molar-refractivity contribution in [2.75, 3.05) is 5.73 Å². The molecule has 0 aliphatic carbocycles. The van der Waals surface area contributed by atoms with Crippen LogP contribution in [0.3, 0.4) is 0 Å². The lowest BCUT2D eigenvalue weighted by atomic mass is 10.0. The molecule has 0 aliphatic heterocycles. The third kappa shape index (κ3) is 2.47. The highest BCUT2D eigenvalue weighted by molar-refractivity contribution is 5.66. The van der Waals surface area contributed by atoms with Gasteiger partial charge in [-0.05, 0) is 36.1 Å². The molecule has 2 aromatic rings. The summed E-state index contributed by atoms with van der Waals surface area (Å²) in [5, 5.41) is 0. The van der Waals surface area contributed by atoms with Crippen LogP contribution in [0.25, 0.3) is 11.3 Å². The molecule has 1 heterocycles. The summed E-state index contributed by atoms with van der Waals surface area (Å²) in [5.74, 6) is 0.514. The summed E-state index contributed by atoms with van der Waals surface area (Å²) >= 11 is 0. The van der Waals surface area contributed by atoms with Crippen LogP contribution >= 0.6 is 0 Å². The molecule has 2 N–H and O–H groups in total. The molecular weight excluding hydrogens is 208 g/mol. The summed E-state index contributed by atoms with van der Waals surface area (Å²) in [6.07, 6.45) is 1.94. The molecule has 2 rings (SSSR count). The molecule has 1 aromatic heterocycles. The average Bonchev–Trinajstić information content (AvgIpc) is 2.33. The van der Waals surface area contributed by atoms with Gasteiger partial charge in [-0.1, -0.05) is 32.0 Å². The van der Waals surface area contributed by atoms with E-state index in [0.29, 0.717) is 5.92 Å². The molecule has 0 fully saturated rings. The van der Waals surface area contributed by atoms with Gasteiger partial charge >= 0.3 is 0 Å². The fraction of sp³-hybridized carbons (Fsp3) is 0.267. The zero-order valence-corrected chi connectivity index (χ0v) is 10.6. The highest BCUT2D eigenvalue weighted by atomic mass is 14.7. The van der Waals surface area contributed by atoms with E-state index in [-0.39, 0.29) is 0 Å². The fourth-order valence-electron chi connectivity index (χ4n) is 1.72. The van der Waals surface area contributed by atoms with Crippen LogP contribution in [0.15, 0.2) is 36.5 Å². The van der Waals surface area contributed by atoms with Crippen LogP contribution in [0.1, 0.15) is 30.9 Å². The zero-order valence-electron chi connectivity index (χ0n) is 10.6. The molecule has 2 heteroatoms. The lowest BCUT2D eigenvalue weighted by molar-refractivity contribution is 0.859. The predicted molar refractivity (Wildman–Crippen MR) is 72.9 cm³/mol. The largest absolute Gasteiger partial charge is 0.398 e. The van der Waals surface area contributed by atoms with Gasteiger partial charge in [0.2, 0.25) is 0 Å². The smallest absolute Gasteiger partial charge is 0.0702 e. The van der Waals surface area contributed by atoms with Crippen molar-refractivity contribution >= 4 is 5.69 Å². The zero-order chi connectivity index (χ0) is 12.4. The topological polar surface area (TPSA) is 38.9 Å². The van der Waals surface area contributed by atoms with Crippen molar-refractivity contribution < 1.29 is 0 Å². The molecule has 0 saturated heterocycles. The Balaban J connectivity index is 2.36. The van der Waals surface area contributed by atoms with E-state index in [0.717, 1.165) is 22.5 Å². The molecule has 0 unspecified atom stereocenters. The second-order valence-electron chi connectivity index (χ2n) is 4.70. The summed E-state index contributed by atoms with van der Waals surface area (Å²) in [4.78, 5) is 4.49. The van der Waals surface area contributed by atoms with Crippen molar-refractivity contribution in [1.82, 2.24) is 4.98 Å². The molecule has 88 valence electrons. The molecule has 0 bridgehead atoms. The highest BCUT2D eigenvalue weighted by Crippen LogP contribution is 2.23. The lowest BCUT2D eigenvalue weighted by Crippen LogP contribution is -1.93. The molecule has 2 nitrogen and oxygen atoms in total. The van der Waals surface area contributed by atoms with Gasteiger partial charge in [-0.3, -0.25) is 4.98 Å². The van der Waals surface area contributed by atoms with Crippen LogP contribution in [0.2, 0.25) is 0 Å². The van der Waals surface area contributed by atoms with Crippen molar-refractivity contribution in [1.29, 1.82) is 0 Å². The number of benzene rings is 1. The fourth-order valence-corrected chi connectivity index (χ4v) is 1.72. The van der Waals surface area contributed by atoms with Gasteiger partial charge in [0, 0.05) is 17.4 Å². The maximum Gasteiger partial charge on any atom is 0.0702 e. The van der Waals surface area contributed by atoms with Gasteiger partial charge < -0.3 is 5.73 Å². The van der Waals surface area contributed by atoms with Crippen LogP contribution in [-0.2, 0) is 0 Å².